The third-order valence-electron chi connectivity index (χ3n) is 5.80. The highest BCUT2D eigenvalue weighted by Gasteiger charge is 2.31. The van der Waals surface area contributed by atoms with E-state index in [1.54, 1.807) is 0 Å². The minimum absolute atomic E-state index is 0.194. The lowest BCUT2D eigenvalue weighted by molar-refractivity contribution is -0.139. The van der Waals surface area contributed by atoms with Crippen molar-refractivity contribution in [2.75, 3.05) is 13.1 Å². The summed E-state index contributed by atoms with van der Waals surface area (Å²) >= 11 is 0. The minimum atomic E-state index is -0.702. The van der Waals surface area contributed by atoms with Crippen molar-refractivity contribution < 1.29 is 9.90 Å². The van der Waals surface area contributed by atoms with E-state index in [9.17, 15) is 9.90 Å². The van der Waals surface area contributed by atoms with Crippen LogP contribution in [0.4, 0.5) is 0 Å². The maximum Gasteiger partial charge on any atom is 0.303 e. The molecule has 28 heavy (non-hydrogen) atoms. The molecule has 2 N–H and O–H groups in total. The van der Waals surface area contributed by atoms with Crippen molar-refractivity contribution in [1.29, 1.82) is 0 Å². The molecule has 2 atom stereocenters. The molecule has 1 aliphatic rings. The lowest BCUT2D eigenvalue weighted by atomic mass is 9.81. The Hall–Kier alpha value is -2.66. The predicted octanol–water partition coefficient (Wildman–Crippen LogP) is 4.03. The van der Waals surface area contributed by atoms with E-state index in [-0.39, 0.29) is 18.3 Å². The Labute approximate surface area is 165 Å². The Kier molecular flexibility index (Phi) is 5.44. The van der Waals surface area contributed by atoms with Crippen LogP contribution in [0.15, 0.2) is 48.5 Å². The molecule has 0 spiro atoms. The fourth-order valence-electron chi connectivity index (χ4n) is 4.39. The number of rotatable bonds is 6. The number of carboxylic acids is 1. The van der Waals surface area contributed by atoms with Crippen molar-refractivity contribution in [3.8, 4) is 0 Å². The summed E-state index contributed by atoms with van der Waals surface area (Å²) in [5.41, 5.74) is 4.55. The van der Waals surface area contributed by atoms with Gasteiger partial charge in [0, 0.05) is 25.9 Å². The van der Waals surface area contributed by atoms with Crippen molar-refractivity contribution in [1.82, 2.24) is 14.9 Å². The van der Waals surface area contributed by atoms with E-state index < -0.39 is 5.97 Å². The van der Waals surface area contributed by atoms with Crippen molar-refractivity contribution >= 4 is 17.0 Å². The number of H-pyrrole nitrogens is 1. The molecular weight excluding hydrogens is 350 g/mol. The molecule has 2 heterocycles. The molecule has 1 aliphatic heterocycles. The summed E-state index contributed by atoms with van der Waals surface area (Å²) in [5, 5.41) is 9.36. The van der Waals surface area contributed by atoms with Gasteiger partial charge in [0.25, 0.3) is 0 Å². The number of aromatic amines is 1. The lowest BCUT2D eigenvalue weighted by Crippen LogP contribution is -2.41. The summed E-state index contributed by atoms with van der Waals surface area (Å²) in [6.45, 7) is 4.84. The maximum atomic E-state index is 11.4. The predicted molar refractivity (Wildman–Crippen MR) is 110 cm³/mol. The van der Waals surface area contributed by atoms with Crippen LogP contribution in [-0.4, -0.2) is 39.0 Å². The second-order valence-corrected chi connectivity index (χ2v) is 8.04. The van der Waals surface area contributed by atoms with Crippen LogP contribution in [0.2, 0.25) is 0 Å². The van der Waals surface area contributed by atoms with E-state index in [1.807, 2.05) is 12.1 Å². The fraction of sp³-hybridized carbons (Fsp3) is 0.391. The van der Waals surface area contributed by atoms with Crippen molar-refractivity contribution in [2.24, 2.45) is 11.8 Å². The molecule has 1 aromatic heterocycles. The number of carbonyl (C=O) groups is 1. The first-order valence-electron chi connectivity index (χ1n) is 10.00. The Morgan fingerprint density at radius 3 is 2.82 bits per heavy atom. The maximum absolute atomic E-state index is 11.4. The molecule has 0 unspecified atom stereocenters. The van der Waals surface area contributed by atoms with Crippen LogP contribution in [0.25, 0.3) is 11.0 Å². The number of nitrogens with zero attached hydrogens (tertiary/aromatic N) is 2. The summed E-state index contributed by atoms with van der Waals surface area (Å²) in [6, 6.07) is 16.7. The molecule has 0 amide bonds. The molecule has 0 bridgehead atoms. The zero-order valence-corrected chi connectivity index (χ0v) is 16.3. The quantitative estimate of drug-likeness (QED) is 0.681. The van der Waals surface area contributed by atoms with Gasteiger partial charge in [-0.2, -0.15) is 0 Å². The van der Waals surface area contributed by atoms with Gasteiger partial charge in [0.15, 0.2) is 0 Å². The summed E-state index contributed by atoms with van der Waals surface area (Å²) < 4.78 is 0. The molecule has 146 valence electrons. The Balaban J connectivity index is 1.51. The molecule has 4 rings (SSSR count). The molecule has 5 heteroatoms. The molecule has 0 aliphatic carbocycles. The number of benzene rings is 2. The number of hydrogen-bond donors (Lipinski definition) is 2. The first-order valence-corrected chi connectivity index (χ1v) is 10.00. The van der Waals surface area contributed by atoms with Gasteiger partial charge >= 0.3 is 5.97 Å². The minimum Gasteiger partial charge on any atom is -0.481 e. The van der Waals surface area contributed by atoms with Gasteiger partial charge in [-0.15, -0.1) is 0 Å². The van der Waals surface area contributed by atoms with Gasteiger partial charge in [-0.25, -0.2) is 4.98 Å². The lowest BCUT2D eigenvalue weighted by Gasteiger charge is -2.38. The van der Waals surface area contributed by atoms with Crippen LogP contribution in [0.5, 0.6) is 0 Å². The molecule has 1 saturated heterocycles. The number of imidazole rings is 1. The van der Waals surface area contributed by atoms with E-state index in [0.29, 0.717) is 0 Å². The van der Waals surface area contributed by atoms with E-state index in [1.165, 1.54) is 11.1 Å². The van der Waals surface area contributed by atoms with Gasteiger partial charge in [0.1, 0.15) is 5.82 Å². The number of aromatic nitrogens is 2. The van der Waals surface area contributed by atoms with Gasteiger partial charge in [0.2, 0.25) is 0 Å². The van der Waals surface area contributed by atoms with E-state index >= 15 is 0 Å². The second kappa shape index (κ2) is 8.15. The molecule has 5 nitrogen and oxygen atoms in total. The Morgan fingerprint density at radius 2 is 2.04 bits per heavy atom. The highest BCUT2D eigenvalue weighted by atomic mass is 16.4. The molecule has 3 aromatic rings. The van der Waals surface area contributed by atoms with Gasteiger partial charge < -0.3 is 10.1 Å². The topological polar surface area (TPSA) is 69.2 Å². The van der Waals surface area contributed by atoms with Crippen molar-refractivity contribution in [3.05, 3.63) is 65.5 Å². The van der Waals surface area contributed by atoms with Crippen LogP contribution >= 0.6 is 0 Å². The first-order chi connectivity index (χ1) is 13.6. The largest absolute Gasteiger partial charge is 0.481 e. The van der Waals surface area contributed by atoms with Crippen LogP contribution in [0.1, 0.15) is 29.8 Å². The number of aryl methyl sites for hydroxylation is 1. The third kappa shape index (κ3) is 4.42. The summed E-state index contributed by atoms with van der Waals surface area (Å²) in [6.07, 6.45) is 1.95. The Morgan fingerprint density at radius 1 is 1.21 bits per heavy atom. The van der Waals surface area contributed by atoms with Gasteiger partial charge in [0.05, 0.1) is 11.0 Å². The van der Waals surface area contributed by atoms with Crippen molar-refractivity contribution in [3.63, 3.8) is 0 Å². The Bertz CT molecular complexity index is 951. The summed E-state index contributed by atoms with van der Waals surface area (Å²) in [7, 11) is 0. The van der Waals surface area contributed by atoms with Gasteiger partial charge in [-0.3, -0.25) is 9.69 Å². The number of aliphatic carboxylic acids is 1. The van der Waals surface area contributed by atoms with Gasteiger partial charge in [-0.05, 0) is 55.0 Å². The number of likely N-dealkylation sites (tertiary alicyclic amines) is 1. The van der Waals surface area contributed by atoms with Crippen LogP contribution in [0, 0.1) is 18.8 Å². The number of nitrogens with one attached hydrogen (secondary N) is 1. The average Bonchev–Trinajstić information content (AvgIpc) is 3.06. The van der Waals surface area contributed by atoms with E-state index in [0.717, 1.165) is 49.3 Å². The summed E-state index contributed by atoms with van der Waals surface area (Å²) in [5.74, 6) is 0.740. The monoisotopic (exact) mass is 377 g/mol. The number of fused-ring (bicyclic) bond motifs is 1. The number of carboxylic acid groups (broad SMARTS) is 1. The number of piperidine rings is 1. The third-order valence-corrected chi connectivity index (χ3v) is 5.80. The highest BCUT2D eigenvalue weighted by molar-refractivity contribution is 5.75. The van der Waals surface area contributed by atoms with Crippen LogP contribution in [-0.2, 0) is 17.8 Å². The highest BCUT2D eigenvalue weighted by Crippen LogP contribution is 2.30. The smallest absolute Gasteiger partial charge is 0.303 e. The van der Waals surface area contributed by atoms with E-state index in [2.05, 4.69) is 53.2 Å². The average molecular weight is 377 g/mol. The number of hydrogen-bond acceptors (Lipinski definition) is 3. The summed E-state index contributed by atoms with van der Waals surface area (Å²) in [4.78, 5) is 22.0. The molecule has 1 fully saturated rings. The molecule has 0 saturated carbocycles. The van der Waals surface area contributed by atoms with Crippen LogP contribution < -0.4 is 0 Å². The molecule has 0 radical (unpaired) electrons. The van der Waals surface area contributed by atoms with Crippen molar-refractivity contribution in [2.45, 2.75) is 32.7 Å². The second-order valence-electron chi connectivity index (χ2n) is 8.04. The zero-order chi connectivity index (χ0) is 19.5. The van der Waals surface area contributed by atoms with E-state index in [4.69, 9.17) is 4.98 Å². The van der Waals surface area contributed by atoms with Crippen LogP contribution in [0.3, 0.4) is 0 Å². The fourth-order valence-corrected chi connectivity index (χ4v) is 4.39. The SMILES string of the molecule is Cc1ccc2nc(C[C@H]3CN(Cc4ccccc4)CC[C@H]3CC(=O)O)[nH]c2c1. The first kappa shape index (κ1) is 18.7. The van der Waals surface area contributed by atoms with Gasteiger partial charge in [-0.1, -0.05) is 36.4 Å². The molecular formula is C23H27N3O2. The molecule has 2 aromatic carbocycles. The normalized spacial score (nSPS) is 20.5. The zero-order valence-electron chi connectivity index (χ0n) is 16.3. The standard InChI is InChI=1S/C23H27N3O2/c1-16-7-8-20-21(11-16)25-22(24-20)12-19-15-26(10-9-18(19)13-23(27)28)14-17-5-3-2-4-6-17/h2-8,11,18-19H,9-10,12-15H2,1H3,(H,24,25)(H,27,28)/t18-,19-/m0/s1.